The third-order valence-electron chi connectivity index (χ3n) is 3.38. The van der Waals surface area contributed by atoms with Crippen LogP contribution < -0.4 is 5.14 Å². The van der Waals surface area contributed by atoms with Gasteiger partial charge in [-0.15, -0.1) is 0 Å². The summed E-state index contributed by atoms with van der Waals surface area (Å²) in [6.45, 7) is 3.76. The fraction of sp³-hybridized carbons (Fsp3) is 0.188. The molecule has 0 atom stereocenters. The Labute approximate surface area is 129 Å². The Kier molecular flexibility index (Phi) is 4.63. The summed E-state index contributed by atoms with van der Waals surface area (Å²) in [5, 5.41) is 5.08. The van der Waals surface area contributed by atoms with Crippen molar-refractivity contribution in [3.05, 3.63) is 64.7 Å². The fourth-order valence-electron chi connectivity index (χ4n) is 1.99. The lowest BCUT2D eigenvalue weighted by molar-refractivity contribution is 0.0471. The number of esters is 1. The highest BCUT2D eigenvalue weighted by atomic mass is 32.2. The molecule has 2 aromatic rings. The maximum Gasteiger partial charge on any atom is 0.338 e. The number of benzene rings is 2. The smallest absolute Gasteiger partial charge is 0.338 e. The van der Waals surface area contributed by atoms with E-state index in [2.05, 4.69) is 0 Å². The number of sulfonamides is 1. The van der Waals surface area contributed by atoms with Gasteiger partial charge in [0.1, 0.15) is 6.61 Å². The molecule has 0 bridgehead atoms. The van der Waals surface area contributed by atoms with Gasteiger partial charge in [0.15, 0.2) is 0 Å². The first-order chi connectivity index (χ1) is 10.3. The second-order valence-corrected chi connectivity index (χ2v) is 6.59. The molecule has 116 valence electrons. The van der Waals surface area contributed by atoms with Gasteiger partial charge in [0.25, 0.3) is 0 Å². The number of primary sulfonamides is 1. The number of carbonyl (C=O) groups excluding carboxylic acids is 1. The molecule has 0 heterocycles. The number of aryl methyl sites for hydroxylation is 2. The molecule has 2 aromatic carbocycles. The molecule has 0 aliphatic rings. The van der Waals surface area contributed by atoms with E-state index in [0.717, 1.165) is 11.1 Å². The van der Waals surface area contributed by atoms with Gasteiger partial charge in [-0.2, -0.15) is 0 Å². The summed E-state index contributed by atoms with van der Waals surface area (Å²) in [7, 11) is -3.86. The van der Waals surface area contributed by atoms with Crippen molar-refractivity contribution in [2.45, 2.75) is 25.3 Å². The van der Waals surface area contributed by atoms with Gasteiger partial charge < -0.3 is 4.74 Å². The Balaban J connectivity index is 2.21. The van der Waals surface area contributed by atoms with Crippen LogP contribution in [0.2, 0.25) is 0 Å². The van der Waals surface area contributed by atoms with Crippen molar-refractivity contribution in [2.75, 3.05) is 0 Å². The van der Waals surface area contributed by atoms with E-state index in [1.807, 2.05) is 31.2 Å². The quantitative estimate of drug-likeness (QED) is 0.876. The maximum absolute atomic E-state index is 12.2. The van der Waals surface area contributed by atoms with Crippen molar-refractivity contribution in [3.63, 3.8) is 0 Å². The van der Waals surface area contributed by atoms with Crippen LogP contribution in [0.1, 0.15) is 27.0 Å². The molecule has 6 heteroatoms. The van der Waals surface area contributed by atoms with Crippen molar-refractivity contribution < 1.29 is 17.9 Å². The molecular weight excluding hydrogens is 302 g/mol. The first-order valence-corrected chi connectivity index (χ1v) is 8.19. The molecule has 2 N–H and O–H groups in total. The van der Waals surface area contributed by atoms with E-state index in [-0.39, 0.29) is 17.1 Å². The monoisotopic (exact) mass is 319 g/mol. The predicted octanol–water partition coefficient (Wildman–Crippen LogP) is 2.31. The van der Waals surface area contributed by atoms with E-state index in [9.17, 15) is 13.2 Å². The van der Waals surface area contributed by atoms with Crippen LogP contribution >= 0.6 is 0 Å². The van der Waals surface area contributed by atoms with Gasteiger partial charge in [0.2, 0.25) is 10.0 Å². The van der Waals surface area contributed by atoms with Crippen molar-refractivity contribution in [1.29, 1.82) is 0 Å². The number of nitrogens with two attached hydrogens (primary N) is 1. The predicted molar refractivity (Wildman–Crippen MR) is 82.9 cm³/mol. The molecule has 0 aromatic heterocycles. The highest BCUT2D eigenvalue weighted by molar-refractivity contribution is 7.89. The molecule has 0 aliphatic heterocycles. The molecule has 22 heavy (non-hydrogen) atoms. The van der Waals surface area contributed by atoms with Gasteiger partial charge in [-0.05, 0) is 42.7 Å². The van der Waals surface area contributed by atoms with E-state index in [1.165, 1.54) is 18.2 Å². The average molecular weight is 319 g/mol. The van der Waals surface area contributed by atoms with E-state index < -0.39 is 16.0 Å². The summed E-state index contributed by atoms with van der Waals surface area (Å²) in [6.07, 6.45) is 0. The summed E-state index contributed by atoms with van der Waals surface area (Å²) >= 11 is 0. The molecule has 0 unspecified atom stereocenters. The third-order valence-corrected chi connectivity index (χ3v) is 4.29. The second-order valence-electron chi connectivity index (χ2n) is 5.02. The third kappa shape index (κ3) is 3.72. The Morgan fingerprint density at radius 2 is 1.77 bits per heavy atom. The van der Waals surface area contributed by atoms with Gasteiger partial charge in [-0.3, -0.25) is 0 Å². The molecule has 0 fully saturated rings. The standard InChI is InChI=1S/C16H17NO4S/c1-11-5-3-4-6-13(11)10-21-16(18)15-9-14(22(17,19)20)8-7-12(15)2/h3-9H,10H2,1-2H3,(H2,17,19,20). The van der Waals surface area contributed by atoms with Crippen LogP contribution in [-0.4, -0.2) is 14.4 Å². The average Bonchev–Trinajstić information content (AvgIpc) is 2.45. The van der Waals surface area contributed by atoms with E-state index in [0.29, 0.717) is 5.56 Å². The minimum Gasteiger partial charge on any atom is -0.457 e. The lowest BCUT2D eigenvalue weighted by Crippen LogP contribution is -2.14. The van der Waals surface area contributed by atoms with Crippen LogP contribution in [0.5, 0.6) is 0 Å². The van der Waals surface area contributed by atoms with Gasteiger partial charge in [-0.25, -0.2) is 18.4 Å². The lowest BCUT2D eigenvalue weighted by atomic mass is 10.1. The van der Waals surface area contributed by atoms with Gasteiger partial charge in [0, 0.05) is 0 Å². The van der Waals surface area contributed by atoms with Crippen LogP contribution in [-0.2, 0) is 21.4 Å². The molecule has 2 rings (SSSR count). The van der Waals surface area contributed by atoms with Gasteiger partial charge in [-0.1, -0.05) is 30.3 Å². The lowest BCUT2D eigenvalue weighted by Gasteiger charge is -2.10. The fourth-order valence-corrected chi connectivity index (χ4v) is 2.53. The SMILES string of the molecule is Cc1ccccc1COC(=O)c1cc(S(N)(=O)=O)ccc1C. The Morgan fingerprint density at radius 3 is 2.41 bits per heavy atom. The molecule has 0 saturated heterocycles. The highest BCUT2D eigenvalue weighted by Crippen LogP contribution is 2.17. The van der Waals surface area contributed by atoms with Crippen molar-refractivity contribution in [1.82, 2.24) is 0 Å². The number of ether oxygens (including phenoxy) is 1. The zero-order chi connectivity index (χ0) is 16.3. The van der Waals surface area contributed by atoms with Gasteiger partial charge in [0.05, 0.1) is 10.5 Å². The Hall–Kier alpha value is -2.18. The van der Waals surface area contributed by atoms with Crippen LogP contribution in [0.3, 0.4) is 0 Å². The van der Waals surface area contributed by atoms with E-state index >= 15 is 0 Å². The van der Waals surface area contributed by atoms with E-state index in [1.54, 1.807) is 6.92 Å². The number of carbonyl (C=O) groups is 1. The normalized spacial score (nSPS) is 11.2. The molecular formula is C16H17NO4S. The largest absolute Gasteiger partial charge is 0.457 e. The summed E-state index contributed by atoms with van der Waals surface area (Å²) in [5.74, 6) is -0.578. The van der Waals surface area contributed by atoms with Crippen LogP contribution in [0.4, 0.5) is 0 Å². The molecule has 0 saturated carbocycles. The van der Waals surface area contributed by atoms with E-state index in [4.69, 9.17) is 9.88 Å². The zero-order valence-corrected chi connectivity index (χ0v) is 13.2. The number of hydrogen-bond acceptors (Lipinski definition) is 4. The summed E-state index contributed by atoms with van der Waals surface area (Å²) in [6, 6.07) is 11.7. The summed E-state index contributed by atoms with van der Waals surface area (Å²) in [5.41, 5.74) is 2.74. The second kappa shape index (κ2) is 6.29. The minimum atomic E-state index is -3.86. The van der Waals surface area contributed by atoms with Crippen LogP contribution in [0, 0.1) is 13.8 Å². The van der Waals surface area contributed by atoms with Crippen molar-refractivity contribution in [2.24, 2.45) is 5.14 Å². The maximum atomic E-state index is 12.2. The Morgan fingerprint density at radius 1 is 1.09 bits per heavy atom. The molecule has 5 nitrogen and oxygen atoms in total. The van der Waals surface area contributed by atoms with Gasteiger partial charge >= 0.3 is 5.97 Å². The first kappa shape index (κ1) is 16.2. The van der Waals surface area contributed by atoms with Crippen LogP contribution in [0.15, 0.2) is 47.4 Å². The first-order valence-electron chi connectivity index (χ1n) is 6.64. The number of hydrogen-bond donors (Lipinski definition) is 1. The van der Waals surface area contributed by atoms with Crippen LogP contribution in [0.25, 0.3) is 0 Å². The Bertz CT molecular complexity index is 813. The summed E-state index contributed by atoms with van der Waals surface area (Å²) < 4.78 is 28.0. The van der Waals surface area contributed by atoms with Crippen molar-refractivity contribution in [3.8, 4) is 0 Å². The topological polar surface area (TPSA) is 86.5 Å². The summed E-state index contributed by atoms with van der Waals surface area (Å²) in [4.78, 5) is 12.1. The molecule has 0 spiro atoms. The molecule has 0 amide bonds. The minimum absolute atomic E-state index is 0.110. The van der Waals surface area contributed by atoms with Crippen molar-refractivity contribution >= 4 is 16.0 Å². The molecule has 0 radical (unpaired) electrons. The number of rotatable bonds is 4. The molecule has 0 aliphatic carbocycles. The zero-order valence-electron chi connectivity index (χ0n) is 12.4. The highest BCUT2D eigenvalue weighted by Gasteiger charge is 2.16.